The van der Waals surface area contributed by atoms with Crippen molar-refractivity contribution in [2.45, 2.75) is 12.6 Å². The van der Waals surface area contributed by atoms with E-state index in [1.807, 2.05) is 24.3 Å². The molecule has 4 rings (SSSR count). The molecule has 0 bridgehead atoms. The van der Waals surface area contributed by atoms with Gasteiger partial charge in [0.25, 0.3) is 5.56 Å². The summed E-state index contributed by atoms with van der Waals surface area (Å²) in [6, 6.07) is 7.42. The number of nitrogens with zero attached hydrogens (tertiary/aromatic N) is 5. The van der Waals surface area contributed by atoms with Crippen LogP contribution in [0.15, 0.2) is 41.6 Å². The molecule has 3 heterocycles. The molecular weight excluding hydrogens is 350 g/mol. The number of amides is 1. The summed E-state index contributed by atoms with van der Waals surface area (Å²) in [7, 11) is 3.38. The van der Waals surface area contributed by atoms with Crippen molar-refractivity contribution in [1.82, 2.24) is 24.2 Å². The van der Waals surface area contributed by atoms with E-state index in [1.165, 1.54) is 26.7 Å². The molecule has 0 saturated carbocycles. The Kier molecular flexibility index (Phi) is 4.27. The topological polar surface area (TPSA) is 91.5 Å². The molecule has 0 aliphatic carbocycles. The van der Waals surface area contributed by atoms with Crippen LogP contribution in [0.25, 0.3) is 11.0 Å². The van der Waals surface area contributed by atoms with Gasteiger partial charge in [0, 0.05) is 14.1 Å². The Morgan fingerprint density at radius 2 is 2.11 bits per heavy atom. The Morgan fingerprint density at radius 1 is 1.33 bits per heavy atom. The molecule has 1 atom stereocenters. The van der Waals surface area contributed by atoms with E-state index in [4.69, 9.17) is 9.47 Å². The van der Waals surface area contributed by atoms with Crippen LogP contribution in [0, 0.1) is 0 Å². The van der Waals surface area contributed by atoms with Gasteiger partial charge >= 0.3 is 0 Å². The normalized spacial score (nSPS) is 15.7. The smallest absolute Gasteiger partial charge is 0.264 e. The summed E-state index contributed by atoms with van der Waals surface area (Å²) in [4.78, 5) is 30.8. The molecule has 1 aliphatic rings. The van der Waals surface area contributed by atoms with Crippen molar-refractivity contribution in [3.8, 4) is 11.5 Å². The number of aryl methyl sites for hydroxylation is 1. The lowest BCUT2D eigenvalue weighted by atomic mass is 10.2. The fourth-order valence-corrected chi connectivity index (χ4v) is 3.01. The number of carbonyl (C=O) groups is 1. The first-order valence-corrected chi connectivity index (χ1v) is 8.52. The second-order valence-corrected chi connectivity index (χ2v) is 6.45. The number of para-hydroxylation sites is 2. The molecule has 0 saturated heterocycles. The van der Waals surface area contributed by atoms with Gasteiger partial charge in [-0.15, -0.1) is 0 Å². The van der Waals surface area contributed by atoms with Crippen LogP contribution in [0.3, 0.4) is 0 Å². The maximum absolute atomic E-state index is 12.5. The molecule has 1 aromatic carbocycles. The summed E-state index contributed by atoms with van der Waals surface area (Å²) in [6.07, 6.45) is 2.55. The van der Waals surface area contributed by atoms with Gasteiger partial charge < -0.3 is 14.4 Å². The van der Waals surface area contributed by atoms with E-state index in [2.05, 4.69) is 10.1 Å². The molecule has 27 heavy (non-hydrogen) atoms. The van der Waals surface area contributed by atoms with E-state index in [9.17, 15) is 9.59 Å². The van der Waals surface area contributed by atoms with Gasteiger partial charge in [-0.25, -0.2) is 4.98 Å². The third-order valence-electron chi connectivity index (χ3n) is 4.49. The van der Waals surface area contributed by atoms with Crippen LogP contribution < -0.4 is 15.0 Å². The SMILES string of the molecule is CN(C[C@@H]1COc2ccccc2O1)C(=O)Cn1cnc2c(cnn2C)c1=O. The first-order chi connectivity index (χ1) is 13.0. The van der Waals surface area contributed by atoms with E-state index in [0.29, 0.717) is 35.7 Å². The Hall–Kier alpha value is -3.36. The van der Waals surface area contributed by atoms with E-state index >= 15 is 0 Å². The van der Waals surface area contributed by atoms with Crippen LogP contribution >= 0.6 is 0 Å². The Morgan fingerprint density at radius 3 is 2.93 bits per heavy atom. The summed E-state index contributed by atoms with van der Waals surface area (Å²) in [5.41, 5.74) is 0.199. The van der Waals surface area contributed by atoms with Crippen molar-refractivity contribution in [1.29, 1.82) is 0 Å². The Balaban J connectivity index is 1.43. The molecule has 9 nitrogen and oxygen atoms in total. The van der Waals surface area contributed by atoms with Crippen LogP contribution in [0.2, 0.25) is 0 Å². The standard InChI is InChI=1S/C18H19N5O4/c1-21(8-12-10-26-14-5-3-4-6-15(14)27-12)16(24)9-23-11-19-17-13(18(23)25)7-20-22(17)2/h3-7,11-12H,8-10H2,1-2H3/t12-/m1/s1. The second-order valence-electron chi connectivity index (χ2n) is 6.45. The third kappa shape index (κ3) is 3.23. The summed E-state index contributed by atoms with van der Waals surface area (Å²) in [6.45, 7) is 0.611. The predicted octanol–water partition coefficient (Wildman–Crippen LogP) is 0.428. The zero-order chi connectivity index (χ0) is 19.0. The summed E-state index contributed by atoms with van der Waals surface area (Å²) < 4.78 is 14.4. The second kappa shape index (κ2) is 6.75. The van der Waals surface area contributed by atoms with Crippen LogP contribution in [-0.4, -0.2) is 56.4 Å². The highest BCUT2D eigenvalue weighted by Gasteiger charge is 2.24. The number of rotatable bonds is 4. The molecule has 0 unspecified atom stereocenters. The minimum absolute atomic E-state index is 0.0999. The van der Waals surface area contributed by atoms with E-state index in [1.54, 1.807) is 14.1 Å². The van der Waals surface area contributed by atoms with Gasteiger partial charge in [-0.3, -0.25) is 18.8 Å². The number of hydrogen-bond donors (Lipinski definition) is 0. The number of likely N-dealkylation sites (N-methyl/N-ethyl adjacent to an activating group) is 1. The number of benzene rings is 1. The zero-order valence-corrected chi connectivity index (χ0v) is 15.0. The summed E-state index contributed by atoms with van der Waals surface area (Å²) >= 11 is 0. The number of ether oxygens (including phenoxy) is 2. The lowest BCUT2D eigenvalue weighted by Gasteiger charge is -2.29. The molecular formula is C18H19N5O4. The Labute approximate surface area is 154 Å². The highest BCUT2D eigenvalue weighted by molar-refractivity contribution is 5.77. The zero-order valence-electron chi connectivity index (χ0n) is 15.0. The van der Waals surface area contributed by atoms with Crippen molar-refractivity contribution in [2.75, 3.05) is 20.2 Å². The van der Waals surface area contributed by atoms with E-state index < -0.39 is 0 Å². The molecule has 140 valence electrons. The average Bonchev–Trinajstić information content (AvgIpc) is 3.05. The minimum atomic E-state index is -0.291. The largest absolute Gasteiger partial charge is 0.486 e. The van der Waals surface area contributed by atoms with Crippen LogP contribution in [0.1, 0.15) is 0 Å². The van der Waals surface area contributed by atoms with Crippen molar-refractivity contribution in [3.05, 3.63) is 47.1 Å². The molecule has 0 N–H and O–H groups in total. The first-order valence-electron chi connectivity index (χ1n) is 8.52. The molecule has 9 heteroatoms. The number of fused-ring (bicyclic) bond motifs is 2. The average molecular weight is 369 g/mol. The monoisotopic (exact) mass is 369 g/mol. The fourth-order valence-electron chi connectivity index (χ4n) is 3.01. The third-order valence-corrected chi connectivity index (χ3v) is 4.49. The maximum atomic E-state index is 12.5. The number of carbonyl (C=O) groups excluding carboxylic acids is 1. The highest BCUT2D eigenvalue weighted by atomic mass is 16.6. The van der Waals surface area contributed by atoms with Crippen molar-refractivity contribution in [3.63, 3.8) is 0 Å². The maximum Gasteiger partial charge on any atom is 0.264 e. The summed E-state index contributed by atoms with van der Waals surface area (Å²) in [5, 5.41) is 4.41. The molecule has 1 aliphatic heterocycles. The van der Waals surface area contributed by atoms with Crippen molar-refractivity contribution < 1.29 is 14.3 Å². The Bertz CT molecular complexity index is 1060. The van der Waals surface area contributed by atoms with Gasteiger partial charge in [0.1, 0.15) is 24.9 Å². The predicted molar refractivity (Wildman–Crippen MR) is 96.8 cm³/mol. The van der Waals surface area contributed by atoms with Gasteiger partial charge in [0.05, 0.1) is 12.7 Å². The molecule has 0 fully saturated rings. The lowest BCUT2D eigenvalue weighted by molar-refractivity contribution is -0.132. The van der Waals surface area contributed by atoms with Gasteiger partial charge in [-0.1, -0.05) is 12.1 Å². The van der Waals surface area contributed by atoms with Crippen molar-refractivity contribution >= 4 is 16.9 Å². The quantitative estimate of drug-likeness (QED) is 0.662. The fraction of sp³-hybridized carbons (Fsp3) is 0.333. The van der Waals surface area contributed by atoms with Crippen LogP contribution in [0.4, 0.5) is 0 Å². The molecule has 0 spiro atoms. The molecule has 0 radical (unpaired) electrons. The number of aromatic nitrogens is 4. The lowest BCUT2D eigenvalue weighted by Crippen LogP contribution is -2.43. The minimum Gasteiger partial charge on any atom is -0.486 e. The summed E-state index contributed by atoms with van der Waals surface area (Å²) in [5.74, 6) is 1.15. The van der Waals surface area contributed by atoms with Gasteiger partial charge in [0.15, 0.2) is 23.3 Å². The van der Waals surface area contributed by atoms with E-state index in [-0.39, 0.29) is 24.1 Å². The van der Waals surface area contributed by atoms with Gasteiger partial charge in [-0.2, -0.15) is 5.10 Å². The van der Waals surface area contributed by atoms with E-state index in [0.717, 1.165) is 0 Å². The van der Waals surface area contributed by atoms with Gasteiger partial charge in [0.2, 0.25) is 5.91 Å². The van der Waals surface area contributed by atoms with Crippen LogP contribution in [0.5, 0.6) is 11.5 Å². The molecule has 2 aromatic heterocycles. The molecule has 1 amide bonds. The first kappa shape index (κ1) is 17.1. The van der Waals surface area contributed by atoms with Crippen molar-refractivity contribution in [2.24, 2.45) is 7.05 Å². The number of hydrogen-bond acceptors (Lipinski definition) is 6. The molecule has 3 aromatic rings. The van der Waals surface area contributed by atoms with Gasteiger partial charge in [-0.05, 0) is 12.1 Å². The van der Waals surface area contributed by atoms with Crippen LogP contribution in [-0.2, 0) is 18.4 Å². The highest BCUT2D eigenvalue weighted by Crippen LogP contribution is 2.30.